The van der Waals surface area contributed by atoms with Crippen molar-refractivity contribution in [1.29, 1.82) is 0 Å². The zero-order valence-corrected chi connectivity index (χ0v) is 21.1. The van der Waals surface area contributed by atoms with E-state index in [1.165, 1.54) is 4.90 Å². The predicted octanol–water partition coefficient (Wildman–Crippen LogP) is 4.87. The molecule has 1 fully saturated rings. The molecule has 0 unspecified atom stereocenters. The lowest BCUT2D eigenvalue weighted by Crippen LogP contribution is -2.29. The van der Waals surface area contributed by atoms with Gasteiger partial charge in [-0.15, -0.1) is 0 Å². The monoisotopic (exact) mass is 485 g/mol. The van der Waals surface area contributed by atoms with Crippen LogP contribution >= 0.6 is 0 Å². The van der Waals surface area contributed by atoms with Crippen molar-refractivity contribution in [3.63, 3.8) is 0 Å². The molecule has 4 rings (SSSR count). The molecular weight excluding hydrogens is 454 g/mol. The van der Waals surface area contributed by atoms with Gasteiger partial charge in [-0.05, 0) is 66.4 Å². The summed E-state index contributed by atoms with van der Waals surface area (Å²) in [5.41, 5.74) is 3.84. The highest BCUT2D eigenvalue weighted by Crippen LogP contribution is 2.41. The Morgan fingerprint density at radius 3 is 2.47 bits per heavy atom. The molecule has 7 nitrogen and oxygen atoms in total. The lowest BCUT2D eigenvalue weighted by Gasteiger charge is -2.26. The number of aliphatic hydroxyl groups excluding tert-OH is 1. The Balaban J connectivity index is 1.82. The molecule has 1 aromatic heterocycles. The summed E-state index contributed by atoms with van der Waals surface area (Å²) in [6, 6.07) is 15.9. The van der Waals surface area contributed by atoms with Gasteiger partial charge >= 0.3 is 0 Å². The number of aryl methyl sites for hydroxylation is 1. The van der Waals surface area contributed by atoms with Gasteiger partial charge in [-0.1, -0.05) is 25.1 Å². The maximum absolute atomic E-state index is 13.3. The van der Waals surface area contributed by atoms with E-state index in [9.17, 15) is 14.7 Å². The Kier molecular flexibility index (Phi) is 7.38. The quantitative estimate of drug-likeness (QED) is 0.279. The topological polar surface area (TPSA) is 83.0 Å². The number of amides is 1. The van der Waals surface area contributed by atoms with Crippen LogP contribution in [0, 0.1) is 6.92 Å². The third-order valence-electron chi connectivity index (χ3n) is 6.27. The molecule has 1 atom stereocenters. The number of Topliss-reactive ketones (excluding diaryl/α,β-unsaturated/α-hetero) is 1. The van der Waals surface area contributed by atoms with E-state index in [2.05, 4.69) is 4.98 Å². The largest absolute Gasteiger partial charge is 0.507 e. The number of pyridine rings is 1. The summed E-state index contributed by atoms with van der Waals surface area (Å²) in [6.45, 7) is 4.66. The van der Waals surface area contributed by atoms with Gasteiger partial charge in [0.05, 0.1) is 18.2 Å². The highest BCUT2D eigenvalue weighted by Gasteiger charge is 2.46. The fraction of sp³-hybridized carbons (Fsp3) is 0.276. The van der Waals surface area contributed by atoms with Crippen LogP contribution in [0.1, 0.15) is 41.6 Å². The SMILES string of the molecule is CCCOc1ccc(C(O)=C2C(=O)C(=O)N(Cc3cccnc3)[C@@H]2c2ccc(N(C)C)cc2)c(C)c1. The number of ketones is 1. The minimum Gasteiger partial charge on any atom is -0.507 e. The van der Waals surface area contributed by atoms with Crippen molar-refractivity contribution in [3.05, 3.63) is 94.8 Å². The van der Waals surface area contributed by atoms with Crippen LogP contribution < -0.4 is 9.64 Å². The van der Waals surface area contributed by atoms with Crippen LogP contribution in [0.3, 0.4) is 0 Å². The van der Waals surface area contributed by atoms with Crippen molar-refractivity contribution in [2.24, 2.45) is 0 Å². The van der Waals surface area contributed by atoms with Gasteiger partial charge in [-0.25, -0.2) is 0 Å². The molecule has 2 heterocycles. The van der Waals surface area contributed by atoms with Gasteiger partial charge in [0.2, 0.25) is 0 Å². The van der Waals surface area contributed by atoms with E-state index in [-0.39, 0.29) is 17.9 Å². The highest BCUT2D eigenvalue weighted by molar-refractivity contribution is 6.46. The fourth-order valence-electron chi connectivity index (χ4n) is 4.39. The Labute approximate surface area is 211 Å². The number of hydrogen-bond donors (Lipinski definition) is 1. The van der Waals surface area contributed by atoms with E-state index in [1.807, 2.05) is 69.2 Å². The minimum atomic E-state index is -0.739. The molecule has 0 bridgehead atoms. The van der Waals surface area contributed by atoms with E-state index < -0.39 is 17.7 Å². The highest BCUT2D eigenvalue weighted by atomic mass is 16.5. The first-order valence-electron chi connectivity index (χ1n) is 12.0. The molecule has 7 heteroatoms. The molecule has 2 aromatic carbocycles. The smallest absolute Gasteiger partial charge is 0.295 e. The summed E-state index contributed by atoms with van der Waals surface area (Å²) in [5, 5.41) is 11.4. The second-order valence-corrected chi connectivity index (χ2v) is 9.10. The van der Waals surface area contributed by atoms with E-state index in [0.717, 1.165) is 28.8 Å². The standard InChI is InChI=1S/C29H31N3O4/c1-5-15-36-23-12-13-24(19(2)16-23)27(33)25-26(21-8-10-22(11-9-21)31(3)4)32(29(35)28(25)34)18-20-7-6-14-30-17-20/h6-14,16-17,26,33H,5,15,18H2,1-4H3/t26-/m1/s1. The van der Waals surface area contributed by atoms with Crippen molar-refractivity contribution in [2.45, 2.75) is 32.9 Å². The molecule has 3 aromatic rings. The van der Waals surface area contributed by atoms with Crippen LogP contribution in [0.2, 0.25) is 0 Å². The van der Waals surface area contributed by atoms with Crippen LogP contribution in [0.5, 0.6) is 5.75 Å². The predicted molar refractivity (Wildman–Crippen MR) is 140 cm³/mol. The van der Waals surface area contributed by atoms with Crippen LogP contribution in [-0.4, -0.2) is 47.4 Å². The Morgan fingerprint density at radius 2 is 1.86 bits per heavy atom. The first-order valence-corrected chi connectivity index (χ1v) is 12.0. The number of nitrogens with zero attached hydrogens (tertiary/aromatic N) is 3. The summed E-state index contributed by atoms with van der Waals surface area (Å²) in [5.74, 6) is -0.853. The van der Waals surface area contributed by atoms with Crippen molar-refractivity contribution >= 4 is 23.1 Å². The number of aliphatic hydroxyl groups is 1. The molecule has 0 spiro atoms. The van der Waals surface area contributed by atoms with Gasteiger partial charge in [-0.3, -0.25) is 14.6 Å². The summed E-state index contributed by atoms with van der Waals surface area (Å²) in [7, 11) is 3.89. The van der Waals surface area contributed by atoms with E-state index in [0.29, 0.717) is 17.9 Å². The van der Waals surface area contributed by atoms with E-state index >= 15 is 0 Å². The summed E-state index contributed by atoms with van der Waals surface area (Å²) < 4.78 is 5.70. The van der Waals surface area contributed by atoms with Crippen LogP contribution in [-0.2, 0) is 16.1 Å². The van der Waals surface area contributed by atoms with E-state index in [4.69, 9.17) is 4.74 Å². The van der Waals surface area contributed by atoms with Gasteiger partial charge < -0.3 is 19.6 Å². The lowest BCUT2D eigenvalue weighted by molar-refractivity contribution is -0.140. The summed E-state index contributed by atoms with van der Waals surface area (Å²) >= 11 is 0. The zero-order valence-electron chi connectivity index (χ0n) is 21.1. The van der Waals surface area contributed by atoms with Gasteiger partial charge in [-0.2, -0.15) is 0 Å². The first kappa shape index (κ1) is 25.0. The van der Waals surface area contributed by atoms with Gasteiger partial charge in [0.1, 0.15) is 11.5 Å². The Morgan fingerprint density at radius 1 is 1.11 bits per heavy atom. The minimum absolute atomic E-state index is 0.0758. The normalized spacial score (nSPS) is 16.9. The lowest BCUT2D eigenvalue weighted by atomic mass is 9.93. The Hall–Kier alpha value is -4.13. The third-order valence-corrected chi connectivity index (χ3v) is 6.27. The Bertz CT molecular complexity index is 1280. The van der Waals surface area contributed by atoms with Crippen molar-refractivity contribution in [2.75, 3.05) is 25.6 Å². The molecule has 0 aliphatic carbocycles. The zero-order chi connectivity index (χ0) is 25.8. The molecular formula is C29H31N3O4. The first-order chi connectivity index (χ1) is 17.3. The molecule has 36 heavy (non-hydrogen) atoms. The fourth-order valence-corrected chi connectivity index (χ4v) is 4.39. The van der Waals surface area contributed by atoms with Gasteiger partial charge in [0.25, 0.3) is 11.7 Å². The molecule has 1 aliphatic rings. The van der Waals surface area contributed by atoms with Crippen molar-refractivity contribution in [1.82, 2.24) is 9.88 Å². The van der Waals surface area contributed by atoms with Crippen LogP contribution in [0.4, 0.5) is 5.69 Å². The number of anilines is 1. The molecule has 1 aliphatic heterocycles. The second-order valence-electron chi connectivity index (χ2n) is 9.10. The average Bonchev–Trinajstić information content (AvgIpc) is 3.12. The molecule has 0 saturated carbocycles. The maximum atomic E-state index is 13.3. The third kappa shape index (κ3) is 4.96. The number of hydrogen-bond acceptors (Lipinski definition) is 6. The number of likely N-dealkylation sites (tertiary alicyclic amines) is 1. The number of benzene rings is 2. The van der Waals surface area contributed by atoms with Crippen molar-refractivity contribution in [3.8, 4) is 5.75 Å². The average molecular weight is 486 g/mol. The number of rotatable bonds is 8. The number of ether oxygens (including phenoxy) is 1. The van der Waals surface area contributed by atoms with Gasteiger partial charge in [0, 0.05) is 44.3 Å². The van der Waals surface area contributed by atoms with Crippen LogP contribution in [0.25, 0.3) is 5.76 Å². The summed E-state index contributed by atoms with van der Waals surface area (Å²) in [6.07, 6.45) is 4.21. The molecule has 1 amide bonds. The van der Waals surface area contributed by atoms with E-state index in [1.54, 1.807) is 30.6 Å². The van der Waals surface area contributed by atoms with Crippen molar-refractivity contribution < 1.29 is 19.4 Å². The number of aromatic nitrogens is 1. The van der Waals surface area contributed by atoms with Crippen LogP contribution in [0.15, 0.2) is 72.6 Å². The second kappa shape index (κ2) is 10.6. The number of carbonyl (C=O) groups excluding carboxylic acids is 2. The molecule has 186 valence electrons. The summed E-state index contributed by atoms with van der Waals surface area (Å²) in [4.78, 5) is 34.2. The molecule has 0 radical (unpaired) electrons. The molecule has 1 saturated heterocycles. The molecule has 1 N–H and O–H groups in total. The maximum Gasteiger partial charge on any atom is 0.295 e. The number of carbonyl (C=O) groups is 2. The van der Waals surface area contributed by atoms with Gasteiger partial charge in [0.15, 0.2) is 0 Å².